The molecule has 2 heterocycles. The summed E-state index contributed by atoms with van der Waals surface area (Å²) in [6.45, 7) is 2.72. The summed E-state index contributed by atoms with van der Waals surface area (Å²) >= 11 is 6.07. The number of carbonyl (C=O) groups is 1. The molecule has 0 bridgehead atoms. The number of aliphatic imine (C=N–C) groups is 2. The predicted molar refractivity (Wildman–Crippen MR) is 112 cm³/mol. The van der Waals surface area contributed by atoms with Crippen LogP contribution in [-0.4, -0.2) is 35.5 Å². The predicted octanol–water partition coefficient (Wildman–Crippen LogP) is 3.23. The van der Waals surface area contributed by atoms with Gasteiger partial charge in [0, 0.05) is 11.6 Å². The van der Waals surface area contributed by atoms with Gasteiger partial charge in [-0.3, -0.25) is 4.79 Å². The Hall–Kier alpha value is -2.70. The van der Waals surface area contributed by atoms with Crippen LogP contribution in [0.15, 0.2) is 52.4 Å². The lowest BCUT2D eigenvalue weighted by Gasteiger charge is -2.34. The third-order valence-electron chi connectivity index (χ3n) is 4.89. The van der Waals surface area contributed by atoms with Gasteiger partial charge < -0.3 is 15.3 Å². The minimum absolute atomic E-state index is 0.244. The molecule has 2 aliphatic heterocycles. The molecule has 1 amide bonds. The largest absolute Gasteiger partial charge is 0.355 e. The Balaban J connectivity index is 1.64. The van der Waals surface area contributed by atoms with Crippen LogP contribution in [0.2, 0.25) is 5.02 Å². The van der Waals surface area contributed by atoms with Crippen molar-refractivity contribution in [2.24, 2.45) is 9.98 Å². The lowest BCUT2D eigenvalue weighted by molar-refractivity contribution is -0.117. The lowest BCUT2D eigenvalue weighted by atomic mass is 10.0. The van der Waals surface area contributed by atoms with Gasteiger partial charge in [0.05, 0.1) is 11.4 Å². The summed E-state index contributed by atoms with van der Waals surface area (Å²) in [7, 11) is 0. The fourth-order valence-corrected chi connectivity index (χ4v) is 3.71. The summed E-state index contributed by atoms with van der Waals surface area (Å²) < 4.78 is 0. The molecule has 0 aliphatic carbocycles. The standard InChI is InChI=1S/C21H21ClN4O2/c1-2-13-8-9-17-16(12-13)23-18-19(24-21(28)25-20(18)27)26(17)10-4-6-14-5-3-7-15(22)11-14/h3,5,7-9,11-12,21,28H,2,4,6,10H2,1H3,(H,25,27). The Bertz CT molecular complexity index is 986. The van der Waals surface area contributed by atoms with Gasteiger partial charge in [-0.1, -0.05) is 36.7 Å². The summed E-state index contributed by atoms with van der Waals surface area (Å²) in [6.07, 6.45) is 1.31. The SMILES string of the molecule is CCc1ccc2c(c1)N=C1C(=O)NC(O)N=C1N2CCCc1cccc(Cl)c1. The highest BCUT2D eigenvalue weighted by Crippen LogP contribution is 2.35. The molecular formula is C21H21ClN4O2. The lowest BCUT2D eigenvalue weighted by Crippen LogP contribution is -2.53. The van der Waals surface area contributed by atoms with Gasteiger partial charge in [-0.15, -0.1) is 0 Å². The molecule has 144 valence electrons. The van der Waals surface area contributed by atoms with E-state index in [-0.39, 0.29) is 5.71 Å². The smallest absolute Gasteiger partial charge is 0.277 e. The van der Waals surface area contributed by atoms with E-state index in [0.717, 1.165) is 46.8 Å². The molecule has 1 unspecified atom stereocenters. The molecule has 0 fully saturated rings. The number of halogens is 1. The third kappa shape index (κ3) is 3.66. The van der Waals surface area contributed by atoms with Crippen LogP contribution in [0.5, 0.6) is 0 Å². The molecule has 7 heteroatoms. The molecule has 0 spiro atoms. The fraction of sp³-hybridized carbons (Fsp3) is 0.286. The Kier molecular flexibility index (Phi) is 5.15. The first kappa shape index (κ1) is 18.7. The van der Waals surface area contributed by atoms with Crippen molar-refractivity contribution in [1.82, 2.24) is 5.32 Å². The van der Waals surface area contributed by atoms with Gasteiger partial charge in [0.15, 0.2) is 11.5 Å². The van der Waals surface area contributed by atoms with E-state index >= 15 is 0 Å². The number of aryl methyl sites for hydroxylation is 2. The van der Waals surface area contributed by atoms with E-state index in [1.165, 1.54) is 0 Å². The monoisotopic (exact) mass is 396 g/mol. The summed E-state index contributed by atoms with van der Waals surface area (Å²) in [5, 5.41) is 13.0. The normalized spacial score (nSPS) is 18.0. The second-order valence-electron chi connectivity index (χ2n) is 6.82. The second-order valence-corrected chi connectivity index (χ2v) is 7.26. The zero-order chi connectivity index (χ0) is 19.7. The third-order valence-corrected chi connectivity index (χ3v) is 5.13. The average molecular weight is 397 g/mol. The van der Waals surface area contributed by atoms with Crippen molar-refractivity contribution in [2.75, 3.05) is 11.4 Å². The number of amides is 1. The number of hydrogen-bond acceptors (Lipinski definition) is 5. The van der Waals surface area contributed by atoms with E-state index in [1.807, 2.05) is 41.3 Å². The van der Waals surface area contributed by atoms with Crippen LogP contribution in [0.25, 0.3) is 0 Å². The van der Waals surface area contributed by atoms with Crippen LogP contribution < -0.4 is 10.2 Å². The van der Waals surface area contributed by atoms with E-state index in [4.69, 9.17) is 11.6 Å². The first-order valence-corrected chi connectivity index (χ1v) is 9.73. The molecule has 2 aliphatic rings. The Labute approximate surface area is 168 Å². The average Bonchev–Trinajstić information content (AvgIpc) is 2.67. The van der Waals surface area contributed by atoms with Crippen molar-refractivity contribution in [1.29, 1.82) is 0 Å². The molecule has 2 N–H and O–H groups in total. The first-order chi connectivity index (χ1) is 13.5. The van der Waals surface area contributed by atoms with Crippen LogP contribution in [0, 0.1) is 0 Å². The molecule has 0 saturated heterocycles. The fourth-order valence-electron chi connectivity index (χ4n) is 3.50. The zero-order valence-electron chi connectivity index (χ0n) is 15.5. The quantitative estimate of drug-likeness (QED) is 0.814. The van der Waals surface area contributed by atoms with Crippen LogP contribution >= 0.6 is 11.6 Å². The highest BCUT2D eigenvalue weighted by molar-refractivity contribution is 6.70. The molecule has 2 aromatic rings. The van der Waals surface area contributed by atoms with E-state index < -0.39 is 12.3 Å². The first-order valence-electron chi connectivity index (χ1n) is 9.36. The number of rotatable bonds is 5. The number of benzene rings is 2. The van der Waals surface area contributed by atoms with E-state index in [9.17, 15) is 9.90 Å². The summed E-state index contributed by atoms with van der Waals surface area (Å²) in [4.78, 5) is 23.1. The summed E-state index contributed by atoms with van der Waals surface area (Å²) in [5.41, 5.74) is 4.20. The number of hydrogen-bond donors (Lipinski definition) is 2. The van der Waals surface area contributed by atoms with Crippen LogP contribution in [0.3, 0.4) is 0 Å². The van der Waals surface area contributed by atoms with Gasteiger partial charge in [-0.25, -0.2) is 9.98 Å². The minimum atomic E-state index is -1.26. The van der Waals surface area contributed by atoms with Crippen LogP contribution in [0.4, 0.5) is 11.4 Å². The van der Waals surface area contributed by atoms with E-state index in [1.54, 1.807) is 0 Å². The van der Waals surface area contributed by atoms with Crippen molar-refractivity contribution >= 4 is 40.4 Å². The number of anilines is 1. The molecule has 0 saturated carbocycles. The van der Waals surface area contributed by atoms with Crippen molar-refractivity contribution in [2.45, 2.75) is 32.5 Å². The van der Waals surface area contributed by atoms with Gasteiger partial charge >= 0.3 is 0 Å². The highest BCUT2D eigenvalue weighted by Gasteiger charge is 2.34. The Morgan fingerprint density at radius 3 is 2.86 bits per heavy atom. The summed E-state index contributed by atoms with van der Waals surface area (Å²) in [5.74, 6) is 0.00369. The number of carbonyl (C=O) groups excluding carboxylic acids is 1. The summed E-state index contributed by atoms with van der Waals surface area (Å²) in [6, 6.07) is 13.9. The van der Waals surface area contributed by atoms with E-state index in [0.29, 0.717) is 12.4 Å². The number of aliphatic hydroxyl groups excluding tert-OH is 1. The molecule has 0 radical (unpaired) electrons. The van der Waals surface area contributed by atoms with Crippen molar-refractivity contribution in [3.63, 3.8) is 0 Å². The van der Waals surface area contributed by atoms with Gasteiger partial charge in [0.2, 0.25) is 6.35 Å². The Morgan fingerprint density at radius 2 is 2.07 bits per heavy atom. The molecule has 6 nitrogen and oxygen atoms in total. The van der Waals surface area contributed by atoms with E-state index in [2.05, 4.69) is 28.3 Å². The van der Waals surface area contributed by atoms with Crippen LogP contribution in [0.1, 0.15) is 24.5 Å². The second kappa shape index (κ2) is 7.73. The molecule has 1 atom stereocenters. The van der Waals surface area contributed by atoms with Crippen LogP contribution in [-0.2, 0) is 17.6 Å². The van der Waals surface area contributed by atoms with Crippen molar-refractivity contribution in [3.05, 3.63) is 58.6 Å². The number of nitrogens with one attached hydrogen (secondary N) is 1. The Morgan fingerprint density at radius 1 is 1.21 bits per heavy atom. The van der Waals surface area contributed by atoms with Gasteiger partial charge in [0.1, 0.15) is 0 Å². The maximum atomic E-state index is 12.4. The molecule has 4 rings (SSSR count). The maximum Gasteiger partial charge on any atom is 0.277 e. The number of amidine groups is 1. The van der Waals surface area contributed by atoms with Gasteiger partial charge in [-0.05, 0) is 54.7 Å². The molecule has 2 aromatic carbocycles. The molecular weight excluding hydrogens is 376 g/mol. The number of fused-ring (bicyclic) bond motifs is 2. The zero-order valence-corrected chi connectivity index (χ0v) is 16.3. The number of aliphatic hydroxyl groups is 1. The van der Waals surface area contributed by atoms with Crippen molar-refractivity contribution < 1.29 is 9.90 Å². The molecule has 0 aromatic heterocycles. The minimum Gasteiger partial charge on any atom is -0.355 e. The topological polar surface area (TPSA) is 77.3 Å². The molecule has 28 heavy (non-hydrogen) atoms. The maximum absolute atomic E-state index is 12.4. The number of nitrogens with zero attached hydrogens (tertiary/aromatic N) is 3. The van der Waals surface area contributed by atoms with Gasteiger partial charge in [0.25, 0.3) is 5.91 Å². The van der Waals surface area contributed by atoms with Gasteiger partial charge in [-0.2, -0.15) is 0 Å². The van der Waals surface area contributed by atoms with Crippen molar-refractivity contribution in [3.8, 4) is 0 Å². The highest BCUT2D eigenvalue weighted by atomic mass is 35.5.